The smallest absolute Gasteiger partial charge is 0.256 e. The summed E-state index contributed by atoms with van der Waals surface area (Å²) in [6.07, 6.45) is 0.434. The average Bonchev–Trinajstić information content (AvgIpc) is 2.91. The lowest BCUT2D eigenvalue weighted by atomic mass is 9.98. The molecule has 1 atom stereocenters. The number of aryl methyl sites for hydroxylation is 2. The van der Waals surface area contributed by atoms with Gasteiger partial charge < -0.3 is 20.3 Å². The highest BCUT2D eigenvalue weighted by atomic mass is 16.5. The molecule has 0 aliphatic heterocycles. The van der Waals surface area contributed by atoms with Crippen LogP contribution in [0.4, 0.5) is 0 Å². The minimum atomic E-state index is -0.512. The van der Waals surface area contributed by atoms with Crippen LogP contribution < -0.4 is 15.8 Å². The highest BCUT2D eigenvalue weighted by molar-refractivity contribution is 5.96. The second-order valence-corrected chi connectivity index (χ2v) is 5.79. The molecule has 2 rings (SSSR count). The first-order valence-electron chi connectivity index (χ1n) is 8.14. The number of carbonyl (C=O) groups excluding carboxylic acids is 2. The number of hydrogen-bond donors (Lipinski definition) is 2. The summed E-state index contributed by atoms with van der Waals surface area (Å²) >= 11 is 0. The van der Waals surface area contributed by atoms with Gasteiger partial charge in [-0.05, 0) is 44.9 Å². The Balaban J connectivity index is 1.99. The van der Waals surface area contributed by atoms with Crippen molar-refractivity contribution in [2.24, 2.45) is 11.7 Å². The molecule has 0 aliphatic rings. The molecule has 2 amide bonds. The SMILES string of the molecule is CCOc1ccc(C[C@@H](CNC(=O)c2c(C)noc2C)C(N)=O)cc1. The van der Waals surface area contributed by atoms with E-state index in [-0.39, 0.29) is 12.5 Å². The maximum Gasteiger partial charge on any atom is 0.256 e. The fourth-order valence-corrected chi connectivity index (χ4v) is 2.56. The Kier molecular flexibility index (Phi) is 6.16. The van der Waals surface area contributed by atoms with Gasteiger partial charge in [0.25, 0.3) is 5.91 Å². The zero-order valence-electron chi connectivity index (χ0n) is 14.7. The number of carbonyl (C=O) groups is 2. The third-order valence-corrected chi connectivity index (χ3v) is 3.89. The largest absolute Gasteiger partial charge is 0.494 e. The molecular formula is C18H23N3O4. The number of benzene rings is 1. The molecule has 25 heavy (non-hydrogen) atoms. The molecule has 1 aromatic carbocycles. The molecule has 0 fully saturated rings. The summed E-state index contributed by atoms with van der Waals surface area (Å²) in [5, 5.41) is 6.49. The van der Waals surface area contributed by atoms with Gasteiger partial charge in [-0.3, -0.25) is 9.59 Å². The van der Waals surface area contributed by atoms with Crippen LogP contribution in [0.25, 0.3) is 0 Å². The topological polar surface area (TPSA) is 107 Å². The van der Waals surface area contributed by atoms with Crippen LogP contribution in [0.3, 0.4) is 0 Å². The standard InChI is InChI=1S/C18H23N3O4/c1-4-24-15-7-5-13(6-8-15)9-14(17(19)22)10-20-18(23)16-11(2)21-25-12(16)3/h5-8,14H,4,9-10H2,1-3H3,(H2,19,22)(H,20,23)/t14-/m0/s1. The molecule has 2 aromatic rings. The quantitative estimate of drug-likeness (QED) is 0.758. The minimum Gasteiger partial charge on any atom is -0.494 e. The minimum absolute atomic E-state index is 0.144. The van der Waals surface area contributed by atoms with E-state index in [1.807, 2.05) is 31.2 Å². The first-order chi connectivity index (χ1) is 11.9. The first-order valence-corrected chi connectivity index (χ1v) is 8.14. The van der Waals surface area contributed by atoms with E-state index in [0.29, 0.717) is 30.0 Å². The molecule has 1 heterocycles. The fourth-order valence-electron chi connectivity index (χ4n) is 2.56. The van der Waals surface area contributed by atoms with Gasteiger partial charge in [-0.2, -0.15) is 0 Å². The number of rotatable bonds is 8. The van der Waals surface area contributed by atoms with E-state index in [9.17, 15) is 9.59 Å². The van der Waals surface area contributed by atoms with Gasteiger partial charge in [0.1, 0.15) is 17.1 Å². The van der Waals surface area contributed by atoms with Crippen LogP contribution in [-0.2, 0) is 11.2 Å². The third-order valence-electron chi connectivity index (χ3n) is 3.89. The van der Waals surface area contributed by atoms with Gasteiger partial charge in [-0.1, -0.05) is 17.3 Å². The van der Waals surface area contributed by atoms with E-state index in [0.717, 1.165) is 11.3 Å². The van der Waals surface area contributed by atoms with Crippen molar-refractivity contribution < 1.29 is 18.8 Å². The highest BCUT2D eigenvalue weighted by Crippen LogP contribution is 2.16. The summed E-state index contributed by atoms with van der Waals surface area (Å²) in [7, 11) is 0. The van der Waals surface area contributed by atoms with Gasteiger partial charge in [0.15, 0.2) is 0 Å². The number of nitrogens with zero attached hydrogens (tertiary/aromatic N) is 1. The number of nitrogens with one attached hydrogen (secondary N) is 1. The molecule has 0 unspecified atom stereocenters. The van der Waals surface area contributed by atoms with Crippen molar-refractivity contribution in [2.45, 2.75) is 27.2 Å². The van der Waals surface area contributed by atoms with Gasteiger partial charge in [0, 0.05) is 6.54 Å². The number of aromatic nitrogens is 1. The molecule has 7 heteroatoms. The van der Waals surface area contributed by atoms with Crippen molar-refractivity contribution >= 4 is 11.8 Å². The van der Waals surface area contributed by atoms with Crippen LogP contribution >= 0.6 is 0 Å². The molecule has 0 spiro atoms. The van der Waals surface area contributed by atoms with Gasteiger partial charge in [-0.15, -0.1) is 0 Å². The lowest BCUT2D eigenvalue weighted by Gasteiger charge is -2.15. The second-order valence-electron chi connectivity index (χ2n) is 5.79. The maximum atomic E-state index is 12.3. The van der Waals surface area contributed by atoms with Crippen molar-refractivity contribution in [1.82, 2.24) is 10.5 Å². The molecular weight excluding hydrogens is 322 g/mol. The summed E-state index contributed by atoms with van der Waals surface area (Å²) < 4.78 is 10.4. The van der Waals surface area contributed by atoms with Gasteiger partial charge in [-0.25, -0.2) is 0 Å². The van der Waals surface area contributed by atoms with Crippen molar-refractivity contribution in [3.8, 4) is 5.75 Å². The lowest BCUT2D eigenvalue weighted by Crippen LogP contribution is -2.37. The Morgan fingerprint density at radius 3 is 2.48 bits per heavy atom. The van der Waals surface area contributed by atoms with Gasteiger partial charge >= 0.3 is 0 Å². The first kappa shape index (κ1) is 18.5. The van der Waals surface area contributed by atoms with Crippen LogP contribution in [0, 0.1) is 19.8 Å². The predicted octanol–water partition coefficient (Wildman–Crippen LogP) is 1.76. The van der Waals surface area contributed by atoms with E-state index in [4.69, 9.17) is 15.0 Å². The van der Waals surface area contributed by atoms with E-state index >= 15 is 0 Å². The number of primary amides is 1. The number of nitrogens with two attached hydrogens (primary N) is 1. The Morgan fingerprint density at radius 2 is 1.96 bits per heavy atom. The zero-order valence-corrected chi connectivity index (χ0v) is 14.7. The summed E-state index contributed by atoms with van der Waals surface area (Å²) in [5.41, 5.74) is 7.33. The summed E-state index contributed by atoms with van der Waals surface area (Å²) in [5.74, 6) is -0.0877. The highest BCUT2D eigenvalue weighted by Gasteiger charge is 2.21. The second kappa shape index (κ2) is 8.32. The Labute approximate surface area is 146 Å². The van der Waals surface area contributed by atoms with E-state index < -0.39 is 11.8 Å². The van der Waals surface area contributed by atoms with Crippen molar-refractivity contribution in [1.29, 1.82) is 0 Å². The van der Waals surface area contributed by atoms with Crippen LogP contribution in [0.15, 0.2) is 28.8 Å². The number of ether oxygens (including phenoxy) is 1. The van der Waals surface area contributed by atoms with Crippen LogP contribution in [0.2, 0.25) is 0 Å². The Hall–Kier alpha value is -2.83. The molecule has 0 saturated heterocycles. The molecule has 0 bridgehead atoms. The van der Waals surface area contributed by atoms with Crippen LogP contribution in [0.1, 0.15) is 34.3 Å². The van der Waals surface area contributed by atoms with Crippen molar-refractivity contribution in [2.75, 3.05) is 13.2 Å². The number of hydrogen-bond acceptors (Lipinski definition) is 5. The Morgan fingerprint density at radius 1 is 1.28 bits per heavy atom. The molecule has 0 radical (unpaired) electrons. The normalized spacial score (nSPS) is 11.8. The third kappa shape index (κ3) is 4.82. The number of amides is 2. The molecule has 1 aromatic heterocycles. The zero-order chi connectivity index (χ0) is 18.4. The molecule has 134 valence electrons. The van der Waals surface area contributed by atoms with E-state index in [1.165, 1.54) is 0 Å². The van der Waals surface area contributed by atoms with Gasteiger partial charge in [0.2, 0.25) is 5.91 Å². The van der Waals surface area contributed by atoms with Crippen molar-refractivity contribution in [3.05, 3.63) is 46.8 Å². The molecule has 7 nitrogen and oxygen atoms in total. The fraction of sp³-hybridized carbons (Fsp3) is 0.389. The van der Waals surface area contributed by atoms with Crippen LogP contribution in [0.5, 0.6) is 5.75 Å². The Bertz CT molecular complexity index is 718. The average molecular weight is 345 g/mol. The maximum absolute atomic E-state index is 12.3. The van der Waals surface area contributed by atoms with E-state index in [1.54, 1.807) is 13.8 Å². The summed E-state index contributed by atoms with van der Waals surface area (Å²) in [6, 6.07) is 7.47. The molecule has 3 N–H and O–H groups in total. The monoisotopic (exact) mass is 345 g/mol. The molecule has 0 saturated carbocycles. The van der Waals surface area contributed by atoms with Gasteiger partial charge in [0.05, 0.1) is 18.2 Å². The summed E-state index contributed by atoms with van der Waals surface area (Å²) in [6.45, 7) is 6.01. The summed E-state index contributed by atoms with van der Waals surface area (Å²) in [4.78, 5) is 24.0. The van der Waals surface area contributed by atoms with Crippen LogP contribution in [-0.4, -0.2) is 30.1 Å². The molecule has 0 aliphatic carbocycles. The lowest BCUT2D eigenvalue weighted by molar-refractivity contribution is -0.121. The van der Waals surface area contributed by atoms with Crippen molar-refractivity contribution in [3.63, 3.8) is 0 Å². The van der Waals surface area contributed by atoms with E-state index in [2.05, 4.69) is 10.5 Å². The predicted molar refractivity (Wildman–Crippen MR) is 92.3 cm³/mol.